The van der Waals surface area contributed by atoms with Crippen molar-refractivity contribution >= 4 is 17.0 Å². The standard InChI is InChI=1S/C25H28N2/c1-17-7-9-20(10-8-17)25(23-13-11-21(26-4)15-18(23)2)24-14-12-22(27(5)6)16-19(24)3/h7-16H,1-6H3/p+1. The number of nitrogens with zero attached hydrogens (tertiary/aromatic N) is 1. The van der Waals surface area contributed by atoms with Crippen LogP contribution in [-0.2, 0) is 0 Å². The number of anilines is 1. The Morgan fingerprint density at radius 3 is 2.15 bits per heavy atom. The van der Waals surface area contributed by atoms with Gasteiger partial charge in [-0.15, -0.1) is 0 Å². The zero-order valence-corrected chi connectivity index (χ0v) is 17.2. The largest absolute Gasteiger partial charge is 0.388 e. The molecule has 1 aliphatic carbocycles. The lowest BCUT2D eigenvalue weighted by Crippen LogP contribution is -2.12. The van der Waals surface area contributed by atoms with Gasteiger partial charge in [0.15, 0.2) is 5.71 Å². The molecule has 0 aromatic heterocycles. The Labute approximate surface area is 163 Å². The summed E-state index contributed by atoms with van der Waals surface area (Å²) < 4.78 is 2.15. The van der Waals surface area contributed by atoms with Gasteiger partial charge in [-0.25, -0.2) is 4.58 Å². The Morgan fingerprint density at radius 1 is 0.889 bits per heavy atom. The van der Waals surface area contributed by atoms with Crippen molar-refractivity contribution in [2.24, 2.45) is 0 Å². The Hall–Kier alpha value is -2.87. The lowest BCUT2D eigenvalue weighted by molar-refractivity contribution is -0.462. The van der Waals surface area contributed by atoms with E-state index in [-0.39, 0.29) is 0 Å². The number of rotatable bonds is 3. The zero-order chi connectivity index (χ0) is 19.6. The second kappa shape index (κ2) is 7.79. The number of hydrogen-bond acceptors (Lipinski definition) is 1. The Morgan fingerprint density at radius 2 is 1.59 bits per heavy atom. The first-order valence-electron chi connectivity index (χ1n) is 9.42. The van der Waals surface area contributed by atoms with E-state index in [1.165, 1.54) is 44.7 Å². The van der Waals surface area contributed by atoms with Gasteiger partial charge in [0.25, 0.3) is 0 Å². The van der Waals surface area contributed by atoms with Gasteiger partial charge in [-0.1, -0.05) is 35.9 Å². The maximum absolute atomic E-state index is 3.24. The molecular formula is C25H29N2+. The summed E-state index contributed by atoms with van der Waals surface area (Å²) in [5.74, 6) is 0. The average molecular weight is 358 g/mol. The molecule has 1 N–H and O–H groups in total. The lowest BCUT2D eigenvalue weighted by atomic mass is 9.85. The smallest absolute Gasteiger partial charge is 0.199 e. The van der Waals surface area contributed by atoms with E-state index < -0.39 is 0 Å². The molecule has 2 aromatic rings. The van der Waals surface area contributed by atoms with Crippen LogP contribution in [0.3, 0.4) is 0 Å². The average Bonchev–Trinajstić information content (AvgIpc) is 2.65. The van der Waals surface area contributed by atoms with Crippen LogP contribution in [0.4, 0.5) is 5.69 Å². The molecule has 0 saturated heterocycles. The lowest BCUT2D eigenvalue weighted by Gasteiger charge is -2.19. The minimum atomic E-state index is 1.14. The Balaban J connectivity index is 2.27. The number of nitrogens with one attached hydrogen (secondary N) is 1. The summed E-state index contributed by atoms with van der Waals surface area (Å²) in [7, 11) is 6.13. The predicted octanol–water partition coefficient (Wildman–Crippen LogP) is 5.38. The van der Waals surface area contributed by atoms with E-state index in [2.05, 4.69) is 105 Å². The van der Waals surface area contributed by atoms with E-state index in [4.69, 9.17) is 0 Å². The van der Waals surface area contributed by atoms with Crippen LogP contribution in [0.5, 0.6) is 0 Å². The molecule has 0 heterocycles. The molecule has 0 atom stereocenters. The van der Waals surface area contributed by atoms with Gasteiger partial charge >= 0.3 is 0 Å². The third-order valence-electron chi connectivity index (χ3n) is 5.12. The highest BCUT2D eigenvalue weighted by Gasteiger charge is 2.18. The number of hydrogen-bond donors (Lipinski definition) is 1. The molecule has 0 fully saturated rings. The van der Waals surface area contributed by atoms with Gasteiger partial charge in [0, 0.05) is 24.9 Å². The minimum Gasteiger partial charge on any atom is -0.388 e. The second-order valence-corrected chi connectivity index (χ2v) is 7.41. The van der Waals surface area contributed by atoms with Crippen LogP contribution in [0.1, 0.15) is 29.2 Å². The quantitative estimate of drug-likeness (QED) is 0.729. The third-order valence-corrected chi connectivity index (χ3v) is 5.12. The Bertz CT molecular complexity index is 979. The third kappa shape index (κ3) is 3.95. The molecule has 0 aliphatic heterocycles. The van der Waals surface area contributed by atoms with Gasteiger partial charge in [-0.05, 0) is 72.4 Å². The van der Waals surface area contributed by atoms with Crippen molar-refractivity contribution in [3.63, 3.8) is 0 Å². The van der Waals surface area contributed by atoms with Gasteiger partial charge in [0.1, 0.15) is 14.1 Å². The van der Waals surface area contributed by atoms with Gasteiger partial charge in [0.2, 0.25) is 0 Å². The molecule has 2 heteroatoms. The summed E-state index contributed by atoms with van der Waals surface area (Å²) in [4.78, 5) is 0. The highest BCUT2D eigenvalue weighted by Crippen LogP contribution is 2.35. The van der Waals surface area contributed by atoms with E-state index in [1.807, 2.05) is 7.05 Å². The second-order valence-electron chi connectivity index (χ2n) is 7.41. The van der Waals surface area contributed by atoms with Crippen LogP contribution in [0.15, 0.2) is 71.8 Å². The fourth-order valence-corrected chi connectivity index (χ4v) is 3.48. The van der Waals surface area contributed by atoms with Crippen LogP contribution >= 0.6 is 0 Å². The maximum atomic E-state index is 3.24. The molecule has 0 unspecified atom stereocenters. The highest BCUT2D eigenvalue weighted by atomic mass is 14.9. The van der Waals surface area contributed by atoms with Crippen molar-refractivity contribution in [1.29, 1.82) is 0 Å². The van der Waals surface area contributed by atoms with Gasteiger partial charge in [0.05, 0.1) is 0 Å². The van der Waals surface area contributed by atoms with Gasteiger partial charge in [-0.2, -0.15) is 0 Å². The Kier molecular flexibility index (Phi) is 5.46. The molecule has 3 rings (SSSR count). The van der Waals surface area contributed by atoms with Crippen molar-refractivity contribution in [3.05, 3.63) is 94.1 Å². The number of benzene rings is 2. The molecule has 0 bridgehead atoms. The summed E-state index contributed by atoms with van der Waals surface area (Å²) in [5.41, 5.74) is 11.3. The van der Waals surface area contributed by atoms with Crippen molar-refractivity contribution in [3.8, 4) is 0 Å². The van der Waals surface area contributed by atoms with Gasteiger partial charge in [-0.3, -0.25) is 0 Å². The molecule has 0 spiro atoms. The van der Waals surface area contributed by atoms with E-state index in [0.717, 1.165) is 5.69 Å². The minimum absolute atomic E-state index is 1.14. The number of aryl methyl sites for hydroxylation is 2. The van der Waals surface area contributed by atoms with Crippen molar-refractivity contribution < 1.29 is 4.58 Å². The zero-order valence-electron chi connectivity index (χ0n) is 17.2. The summed E-state index contributed by atoms with van der Waals surface area (Å²) in [6, 6.07) is 15.4. The molecule has 1 aliphatic rings. The maximum Gasteiger partial charge on any atom is 0.199 e. The van der Waals surface area contributed by atoms with Gasteiger partial charge < -0.3 is 5.32 Å². The van der Waals surface area contributed by atoms with E-state index >= 15 is 0 Å². The fourth-order valence-electron chi connectivity index (χ4n) is 3.48. The summed E-state index contributed by atoms with van der Waals surface area (Å²) in [6.07, 6.45) is 6.72. The molecular weight excluding hydrogens is 328 g/mol. The molecule has 138 valence electrons. The summed E-state index contributed by atoms with van der Waals surface area (Å²) >= 11 is 0. The molecule has 27 heavy (non-hydrogen) atoms. The molecule has 0 radical (unpaired) electrons. The van der Waals surface area contributed by atoms with E-state index in [1.54, 1.807) is 0 Å². The van der Waals surface area contributed by atoms with Crippen molar-refractivity contribution in [2.75, 3.05) is 26.5 Å². The van der Waals surface area contributed by atoms with Crippen molar-refractivity contribution in [1.82, 2.24) is 0 Å². The van der Waals surface area contributed by atoms with Crippen LogP contribution in [-0.4, -0.2) is 31.4 Å². The van der Waals surface area contributed by atoms with Crippen LogP contribution < -0.4 is 5.32 Å². The topological polar surface area (TPSA) is 15.0 Å². The fraction of sp³-hybridized carbons (Fsp3) is 0.240. The normalized spacial score (nSPS) is 15.5. The highest BCUT2D eigenvalue weighted by molar-refractivity contribution is 6.05. The van der Waals surface area contributed by atoms with Crippen LogP contribution in [0.2, 0.25) is 0 Å². The van der Waals surface area contributed by atoms with E-state index in [9.17, 15) is 0 Å². The predicted molar refractivity (Wildman–Crippen MR) is 118 cm³/mol. The molecule has 2 aromatic carbocycles. The van der Waals surface area contributed by atoms with E-state index in [0.29, 0.717) is 0 Å². The first kappa shape index (κ1) is 18.9. The first-order valence-corrected chi connectivity index (χ1v) is 9.42. The van der Waals surface area contributed by atoms with Crippen molar-refractivity contribution in [2.45, 2.75) is 20.8 Å². The molecule has 2 nitrogen and oxygen atoms in total. The van der Waals surface area contributed by atoms with Crippen LogP contribution in [0.25, 0.3) is 5.57 Å². The first-order chi connectivity index (χ1) is 12.9. The summed E-state index contributed by atoms with van der Waals surface area (Å²) in [6.45, 7) is 6.52. The van der Waals surface area contributed by atoms with Crippen LogP contribution in [0, 0.1) is 13.8 Å². The SMILES string of the molecule is CNc1ccc(/C(=C2/C=CC(=[N+](C)C)C=C2C)c2ccc(C)cc2)c(C)c1. The number of allylic oxidation sites excluding steroid dienone is 5. The monoisotopic (exact) mass is 357 g/mol. The summed E-state index contributed by atoms with van der Waals surface area (Å²) in [5, 5.41) is 3.24. The molecule has 0 amide bonds. The molecule has 0 saturated carbocycles.